The Kier molecular flexibility index (Phi) is 5.93. The number of hydrogen-bond donors (Lipinski definition) is 0. The van der Waals surface area contributed by atoms with Gasteiger partial charge < -0.3 is 0 Å². The quantitative estimate of drug-likeness (QED) is 0.523. The standard InChI is InChI=1S/C6H7BrClO2/c7-2-1-6(10)5(3-8)4-9/h5H,1-3H2. The molecule has 1 unspecified atom stereocenters. The number of hydrogen-bond acceptors (Lipinski definition) is 2. The highest BCUT2D eigenvalue weighted by Gasteiger charge is 2.15. The molecular weight excluding hydrogens is 219 g/mol. The number of rotatable bonds is 5. The van der Waals surface area contributed by atoms with E-state index in [0.29, 0.717) is 11.8 Å². The molecule has 0 rings (SSSR count). The second-order valence-electron chi connectivity index (χ2n) is 1.73. The summed E-state index contributed by atoms with van der Waals surface area (Å²) in [5.74, 6) is -0.851. The molecular formula is C6H7BrClO2. The second kappa shape index (κ2) is 5.86. The van der Waals surface area contributed by atoms with Crippen LogP contribution in [0, 0.1) is 5.92 Å². The lowest BCUT2D eigenvalue weighted by Gasteiger charge is -2.00. The fourth-order valence-corrected chi connectivity index (χ4v) is 1.08. The van der Waals surface area contributed by atoms with Crippen LogP contribution >= 0.6 is 27.5 Å². The first-order valence-corrected chi connectivity index (χ1v) is 4.44. The van der Waals surface area contributed by atoms with Crippen LogP contribution in [0.5, 0.6) is 0 Å². The van der Waals surface area contributed by atoms with Crippen LogP contribution in [0.25, 0.3) is 0 Å². The van der Waals surface area contributed by atoms with Gasteiger partial charge in [0.15, 0.2) is 0 Å². The summed E-state index contributed by atoms with van der Waals surface area (Å²) in [7, 11) is 0. The molecule has 2 nitrogen and oxygen atoms in total. The molecule has 0 aromatic carbocycles. The van der Waals surface area contributed by atoms with E-state index < -0.39 is 5.92 Å². The molecule has 0 fully saturated rings. The lowest BCUT2D eigenvalue weighted by molar-refractivity contribution is -0.120. The predicted octanol–water partition coefficient (Wildman–Crippen LogP) is 1.31. The molecule has 0 amide bonds. The van der Waals surface area contributed by atoms with Crippen molar-refractivity contribution >= 4 is 39.6 Å². The molecule has 0 aliphatic carbocycles. The van der Waals surface area contributed by atoms with E-state index in [0.717, 1.165) is 0 Å². The molecule has 0 saturated heterocycles. The number of carbonyl (C=O) groups excluding carboxylic acids is 2. The third kappa shape index (κ3) is 3.32. The Morgan fingerprint density at radius 2 is 2.30 bits per heavy atom. The Morgan fingerprint density at radius 3 is 2.60 bits per heavy atom. The van der Waals surface area contributed by atoms with Crippen molar-refractivity contribution in [1.29, 1.82) is 0 Å². The van der Waals surface area contributed by atoms with Crippen molar-refractivity contribution < 1.29 is 9.59 Å². The Morgan fingerprint density at radius 1 is 1.70 bits per heavy atom. The van der Waals surface area contributed by atoms with E-state index in [1.165, 1.54) is 0 Å². The SMILES string of the molecule is O=[C]C(CCl)C(=O)CCBr. The van der Waals surface area contributed by atoms with E-state index in [9.17, 15) is 9.59 Å². The molecule has 1 radical (unpaired) electrons. The van der Waals surface area contributed by atoms with Crippen molar-refractivity contribution in [3.63, 3.8) is 0 Å². The highest BCUT2D eigenvalue weighted by atomic mass is 79.9. The molecule has 0 saturated carbocycles. The van der Waals surface area contributed by atoms with E-state index in [-0.39, 0.29) is 11.7 Å². The third-order valence-corrected chi connectivity index (χ3v) is 1.73. The molecule has 10 heavy (non-hydrogen) atoms. The molecule has 0 aromatic rings. The number of Topliss-reactive ketones (excluding diaryl/α,β-unsaturated/α-hetero) is 1. The maximum absolute atomic E-state index is 10.8. The molecule has 0 N–H and O–H groups in total. The molecule has 0 aliphatic heterocycles. The average molecular weight is 226 g/mol. The number of alkyl halides is 2. The zero-order chi connectivity index (χ0) is 7.98. The van der Waals surface area contributed by atoms with Crippen LogP contribution in [0.3, 0.4) is 0 Å². The summed E-state index contributed by atoms with van der Waals surface area (Å²) in [6.45, 7) is 0. The lowest BCUT2D eigenvalue weighted by atomic mass is 10.1. The molecule has 0 heterocycles. The van der Waals surface area contributed by atoms with Crippen LogP contribution in [-0.4, -0.2) is 23.3 Å². The Labute approximate surface area is 73.1 Å². The van der Waals surface area contributed by atoms with Gasteiger partial charge in [-0.15, -0.1) is 11.6 Å². The molecule has 0 aliphatic rings. The topological polar surface area (TPSA) is 34.1 Å². The van der Waals surface area contributed by atoms with Gasteiger partial charge in [-0.2, -0.15) is 0 Å². The fraction of sp³-hybridized carbons (Fsp3) is 0.667. The largest absolute Gasteiger partial charge is 0.299 e. The molecule has 1 atom stereocenters. The van der Waals surface area contributed by atoms with Gasteiger partial charge in [-0.3, -0.25) is 9.59 Å². The minimum atomic E-state index is -0.737. The summed E-state index contributed by atoms with van der Waals surface area (Å²) in [5, 5.41) is 0.570. The van der Waals surface area contributed by atoms with E-state index in [4.69, 9.17) is 11.6 Å². The Hall–Kier alpha value is 0.110. The second-order valence-corrected chi connectivity index (χ2v) is 2.83. The number of halogens is 2. The van der Waals surface area contributed by atoms with Crippen molar-refractivity contribution in [3.05, 3.63) is 0 Å². The average Bonchev–Trinajstić information content (AvgIpc) is 1.91. The van der Waals surface area contributed by atoms with Gasteiger partial charge >= 0.3 is 0 Å². The summed E-state index contributed by atoms with van der Waals surface area (Å²) < 4.78 is 0. The van der Waals surface area contributed by atoms with Gasteiger partial charge in [0.2, 0.25) is 6.29 Å². The fourth-order valence-electron chi connectivity index (χ4n) is 0.451. The van der Waals surface area contributed by atoms with Crippen LogP contribution < -0.4 is 0 Å². The predicted molar refractivity (Wildman–Crippen MR) is 43.3 cm³/mol. The molecule has 0 spiro atoms. The molecule has 4 heteroatoms. The highest BCUT2D eigenvalue weighted by Crippen LogP contribution is 2.02. The van der Waals surface area contributed by atoms with Gasteiger partial charge in [0.25, 0.3) is 0 Å². The third-order valence-electron chi connectivity index (χ3n) is 1.03. The van der Waals surface area contributed by atoms with Crippen LogP contribution in [0.2, 0.25) is 0 Å². The summed E-state index contributed by atoms with van der Waals surface area (Å²) in [5.41, 5.74) is 0. The van der Waals surface area contributed by atoms with Crippen molar-refractivity contribution in [2.75, 3.05) is 11.2 Å². The number of ketones is 1. The smallest absolute Gasteiger partial charge is 0.210 e. The normalized spacial score (nSPS) is 12.6. The summed E-state index contributed by atoms with van der Waals surface area (Å²) in [6.07, 6.45) is 1.92. The Bertz CT molecular complexity index is 127. The van der Waals surface area contributed by atoms with Gasteiger partial charge in [-0.05, 0) is 0 Å². The van der Waals surface area contributed by atoms with Gasteiger partial charge in [0.1, 0.15) is 5.78 Å². The van der Waals surface area contributed by atoms with Crippen molar-refractivity contribution in [1.82, 2.24) is 0 Å². The van der Waals surface area contributed by atoms with Gasteiger partial charge in [0.05, 0.1) is 5.92 Å². The summed E-state index contributed by atoms with van der Waals surface area (Å²) >= 11 is 8.38. The monoisotopic (exact) mass is 225 g/mol. The van der Waals surface area contributed by atoms with Crippen molar-refractivity contribution in [3.8, 4) is 0 Å². The minimum Gasteiger partial charge on any atom is -0.299 e. The van der Waals surface area contributed by atoms with E-state index in [1.807, 2.05) is 0 Å². The minimum absolute atomic E-state index is 0.0370. The lowest BCUT2D eigenvalue weighted by Crippen LogP contribution is -2.17. The van der Waals surface area contributed by atoms with E-state index in [1.54, 1.807) is 6.29 Å². The first kappa shape index (κ1) is 10.1. The Balaban J connectivity index is 3.76. The van der Waals surface area contributed by atoms with E-state index >= 15 is 0 Å². The summed E-state index contributed by atoms with van der Waals surface area (Å²) in [6, 6.07) is 0. The van der Waals surface area contributed by atoms with Gasteiger partial charge in [0, 0.05) is 17.6 Å². The molecule has 0 bridgehead atoms. The summed E-state index contributed by atoms with van der Waals surface area (Å²) in [4.78, 5) is 20.8. The first-order chi connectivity index (χ1) is 4.76. The van der Waals surface area contributed by atoms with E-state index in [2.05, 4.69) is 15.9 Å². The van der Waals surface area contributed by atoms with Crippen LogP contribution in [0.1, 0.15) is 6.42 Å². The van der Waals surface area contributed by atoms with Crippen LogP contribution in [0.15, 0.2) is 0 Å². The van der Waals surface area contributed by atoms with Crippen molar-refractivity contribution in [2.45, 2.75) is 6.42 Å². The van der Waals surface area contributed by atoms with Crippen LogP contribution in [-0.2, 0) is 9.59 Å². The highest BCUT2D eigenvalue weighted by molar-refractivity contribution is 9.09. The van der Waals surface area contributed by atoms with Crippen LogP contribution in [0.4, 0.5) is 0 Å². The maximum atomic E-state index is 10.8. The maximum Gasteiger partial charge on any atom is 0.210 e. The van der Waals surface area contributed by atoms with Gasteiger partial charge in [-0.25, -0.2) is 0 Å². The zero-order valence-corrected chi connectivity index (χ0v) is 7.61. The van der Waals surface area contributed by atoms with Crippen molar-refractivity contribution in [2.24, 2.45) is 5.92 Å². The molecule has 0 aromatic heterocycles. The number of carbonyl (C=O) groups is 1. The first-order valence-electron chi connectivity index (χ1n) is 2.78. The van der Waals surface area contributed by atoms with Gasteiger partial charge in [-0.1, -0.05) is 15.9 Å². The zero-order valence-electron chi connectivity index (χ0n) is 5.27. The molecule has 57 valence electrons.